The number of para-hydroxylation sites is 1. The number of benzene rings is 2. The van der Waals surface area contributed by atoms with Gasteiger partial charge in [-0.15, -0.1) is 0 Å². The number of rotatable bonds is 6. The zero-order chi connectivity index (χ0) is 21.3. The molecule has 9 nitrogen and oxygen atoms in total. The first-order valence-electron chi connectivity index (χ1n) is 9.09. The van der Waals surface area contributed by atoms with Crippen molar-refractivity contribution in [2.45, 2.75) is 18.4 Å². The van der Waals surface area contributed by atoms with Crippen molar-refractivity contribution >= 4 is 40.4 Å². The van der Waals surface area contributed by atoms with E-state index >= 15 is 0 Å². The fourth-order valence-corrected chi connectivity index (χ4v) is 3.90. The molecule has 6 N–H and O–H groups in total. The van der Waals surface area contributed by atoms with Crippen LogP contribution in [-0.4, -0.2) is 41.3 Å². The van der Waals surface area contributed by atoms with Gasteiger partial charge in [-0.3, -0.25) is 0 Å². The lowest BCUT2D eigenvalue weighted by Gasteiger charge is -2.08. The molecule has 11 heteroatoms. The highest BCUT2D eigenvalue weighted by molar-refractivity contribution is 7.83. The van der Waals surface area contributed by atoms with Gasteiger partial charge in [0, 0.05) is 23.2 Å². The molecule has 0 fully saturated rings. The predicted octanol–water partition coefficient (Wildman–Crippen LogP) is 0.602. The third kappa shape index (κ3) is 3.96. The molecular formula is C19H19BN6O3S. The standard InChI is InChI=1S/C19H19BN6O3S/c1-11-16(14-6-3-7-15(30(21)29)17(14)25-11)18-23-10-24-19(26-18)22-9-12-4-2-5-13(8-12)20(27)28/h2-8,10,25,27-28H,9,21H2,1H3,(H,22,23,24,26). The summed E-state index contributed by atoms with van der Waals surface area (Å²) in [6, 6.07) is 12.3. The summed E-state index contributed by atoms with van der Waals surface area (Å²) in [7, 11) is -3.14. The maximum atomic E-state index is 11.8. The summed E-state index contributed by atoms with van der Waals surface area (Å²) in [5.41, 5.74) is 3.56. The topological polar surface area (TPSA) is 150 Å². The van der Waals surface area contributed by atoms with Crippen LogP contribution in [0.2, 0.25) is 0 Å². The Kier molecular flexibility index (Phi) is 5.60. The van der Waals surface area contributed by atoms with Gasteiger partial charge in [-0.25, -0.2) is 19.3 Å². The van der Waals surface area contributed by atoms with Crippen LogP contribution in [0.25, 0.3) is 22.3 Å². The van der Waals surface area contributed by atoms with Crippen molar-refractivity contribution in [2.24, 2.45) is 5.14 Å². The highest BCUT2D eigenvalue weighted by Crippen LogP contribution is 2.32. The van der Waals surface area contributed by atoms with E-state index in [4.69, 9.17) is 5.14 Å². The lowest BCUT2D eigenvalue weighted by molar-refractivity contribution is 0.425. The Morgan fingerprint density at radius 2 is 2.00 bits per heavy atom. The lowest BCUT2D eigenvalue weighted by atomic mass is 9.80. The third-order valence-corrected chi connectivity index (χ3v) is 5.47. The molecule has 0 aliphatic heterocycles. The first-order valence-corrected chi connectivity index (χ1v) is 10.3. The highest BCUT2D eigenvalue weighted by Gasteiger charge is 2.17. The van der Waals surface area contributed by atoms with Crippen molar-refractivity contribution in [2.75, 3.05) is 5.32 Å². The number of H-pyrrole nitrogens is 1. The van der Waals surface area contributed by atoms with Crippen molar-refractivity contribution in [1.29, 1.82) is 0 Å². The van der Waals surface area contributed by atoms with Crippen LogP contribution in [0.15, 0.2) is 53.7 Å². The van der Waals surface area contributed by atoms with Crippen LogP contribution < -0.4 is 15.9 Å². The van der Waals surface area contributed by atoms with Gasteiger partial charge in [0.15, 0.2) is 5.82 Å². The Labute approximate surface area is 175 Å². The minimum atomic E-state index is -1.62. The normalized spacial score (nSPS) is 12.1. The molecule has 2 aromatic carbocycles. The predicted molar refractivity (Wildman–Crippen MR) is 116 cm³/mol. The number of aryl methyl sites for hydroxylation is 1. The number of nitrogens with zero attached hydrogens (tertiary/aromatic N) is 3. The Bertz CT molecular complexity index is 1250. The number of aromatic nitrogens is 4. The van der Waals surface area contributed by atoms with Crippen LogP contribution in [0.4, 0.5) is 5.95 Å². The quantitative estimate of drug-likeness (QED) is 0.286. The largest absolute Gasteiger partial charge is 0.488 e. The maximum absolute atomic E-state index is 11.8. The first-order chi connectivity index (χ1) is 14.4. The molecule has 0 bridgehead atoms. The summed E-state index contributed by atoms with van der Waals surface area (Å²) in [5, 5.41) is 28.2. The minimum Gasteiger partial charge on any atom is -0.423 e. The summed E-state index contributed by atoms with van der Waals surface area (Å²) in [6.45, 7) is 2.29. The van der Waals surface area contributed by atoms with Gasteiger partial charge in [-0.2, -0.15) is 4.98 Å². The van der Waals surface area contributed by atoms with Crippen molar-refractivity contribution in [1.82, 2.24) is 19.9 Å². The minimum absolute atomic E-state index is 0.377. The second kappa shape index (κ2) is 8.32. The molecule has 4 aromatic rings. The van der Waals surface area contributed by atoms with E-state index in [1.54, 1.807) is 30.3 Å². The van der Waals surface area contributed by atoms with Gasteiger partial charge in [-0.1, -0.05) is 36.4 Å². The second-order valence-corrected chi connectivity index (χ2v) is 7.74. The molecule has 2 heterocycles. The molecule has 152 valence electrons. The zero-order valence-corrected chi connectivity index (χ0v) is 16.8. The smallest absolute Gasteiger partial charge is 0.423 e. The van der Waals surface area contributed by atoms with Gasteiger partial charge in [0.25, 0.3) is 0 Å². The van der Waals surface area contributed by atoms with E-state index in [0.717, 1.165) is 22.2 Å². The molecule has 2 aromatic heterocycles. The molecule has 0 radical (unpaired) electrons. The number of anilines is 1. The summed E-state index contributed by atoms with van der Waals surface area (Å²) in [4.78, 5) is 16.7. The van der Waals surface area contributed by atoms with E-state index in [1.807, 2.05) is 19.1 Å². The second-order valence-electron chi connectivity index (χ2n) is 6.71. The van der Waals surface area contributed by atoms with Crippen molar-refractivity contribution in [3.63, 3.8) is 0 Å². The van der Waals surface area contributed by atoms with Crippen molar-refractivity contribution in [3.8, 4) is 11.4 Å². The number of nitrogens with one attached hydrogen (secondary N) is 2. The molecule has 0 saturated carbocycles. The van der Waals surface area contributed by atoms with Crippen LogP contribution in [0.3, 0.4) is 0 Å². The molecule has 1 unspecified atom stereocenters. The fraction of sp³-hybridized carbons (Fsp3) is 0.105. The molecule has 0 saturated heterocycles. The zero-order valence-electron chi connectivity index (χ0n) is 16.0. The summed E-state index contributed by atoms with van der Waals surface area (Å²) in [5.74, 6) is 0.845. The van der Waals surface area contributed by atoms with E-state index < -0.39 is 18.1 Å². The van der Waals surface area contributed by atoms with Crippen LogP contribution in [0.1, 0.15) is 11.3 Å². The van der Waals surface area contributed by atoms with Gasteiger partial charge >= 0.3 is 7.12 Å². The number of aromatic amines is 1. The van der Waals surface area contributed by atoms with E-state index in [1.165, 1.54) is 6.33 Å². The van der Waals surface area contributed by atoms with Crippen LogP contribution in [0, 0.1) is 6.92 Å². The van der Waals surface area contributed by atoms with Gasteiger partial charge in [0.1, 0.15) is 17.3 Å². The molecule has 0 aliphatic carbocycles. The molecule has 1 atom stereocenters. The first kappa shape index (κ1) is 20.2. The average Bonchev–Trinajstić information content (AvgIpc) is 3.08. The number of hydrogen-bond donors (Lipinski definition) is 5. The van der Waals surface area contributed by atoms with E-state index in [9.17, 15) is 14.3 Å². The van der Waals surface area contributed by atoms with Crippen LogP contribution >= 0.6 is 0 Å². The van der Waals surface area contributed by atoms with Gasteiger partial charge < -0.3 is 20.3 Å². The number of nitrogens with two attached hydrogens (primary N) is 1. The molecular weight excluding hydrogens is 403 g/mol. The van der Waals surface area contributed by atoms with Gasteiger partial charge in [-0.05, 0) is 24.0 Å². The van der Waals surface area contributed by atoms with Crippen molar-refractivity contribution in [3.05, 3.63) is 60.0 Å². The fourth-order valence-electron chi connectivity index (χ4n) is 3.32. The lowest BCUT2D eigenvalue weighted by Crippen LogP contribution is -2.30. The summed E-state index contributed by atoms with van der Waals surface area (Å²) >= 11 is 0. The number of hydrogen-bond acceptors (Lipinski definition) is 7. The highest BCUT2D eigenvalue weighted by atomic mass is 32.2. The third-order valence-electron chi connectivity index (χ3n) is 4.70. The van der Waals surface area contributed by atoms with Gasteiger partial charge in [0.2, 0.25) is 5.95 Å². The monoisotopic (exact) mass is 422 g/mol. The summed E-state index contributed by atoms with van der Waals surface area (Å²) in [6.07, 6.45) is 1.42. The van der Waals surface area contributed by atoms with E-state index in [2.05, 4.69) is 25.3 Å². The molecule has 4 rings (SSSR count). The van der Waals surface area contributed by atoms with Crippen molar-refractivity contribution < 1.29 is 14.3 Å². The van der Waals surface area contributed by atoms with E-state index in [0.29, 0.717) is 34.2 Å². The molecule has 30 heavy (non-hydrogen) atoms. The molecule has 0 aliphatic rings. The SMILES string of the molecule is Cc1[nH]c2c(S(N)=O)cccc2c1-c1ncnc(NCc2cccc(B(O)O)c2)n1. The summed E-state index contributed by atoms with van der Waals surface area (Å²) < 4.78 is 11.8. The van der Waals surface area contributed by atoms with Crippen LogP contribution in [-0.2, 0) is 17.5 Å². The average molecular weight is 422 g/mol. The van der Waals surface area contributed by atoms with E-state index in [-0.39, 0.29) is 0 Å². The Morgan fingerprint density at radius 1 is 1.20 bits per heavy atom. The Hall–Kier alpha value is -3.12. The number of fused-ring (bicyclic) bond motifs is 1. The Morgan fingerprint density at radius 3 is 2.77 bits per heavy atom. The maximum Gasteiger partial charge on any atom is 0.488 e. The molecule has 0 amide bonds. The Balaban J connectivity index is 1.64. The van der Waals surface area contributed by atoms with Gasteiger partial charge in [0.05, 0.1) is 10.4 Å². The molecule has 0 spiro atoms. The van der Waals surface area contributed by atoms with Crippen LogP contribution in [0.5, 0.6) is 0 Å².